The molecule has 0 amide bonds. The van der Waals surface area contributed by atoms with Gasteiger partial charge in [0, 0.05) is 74.6 Å². The van der Waals surface area contributed by atoms with Gasteiger partial charge in [-0.3, -0.25) is 0 Å². The number of hydrogen-bond acceptors (Lipinski definition) is 4. The molecule has 17 aromatic rings. The van der Waals surface area contributed by atoms with Crippen LogP contribution in [0.1, 0.15) is 0 Å². The third-order valence-corrected chi connectivity index (χ3v) is 20.2. The summed E-state index contributed by atoms with van der Waals surface area (Å²) in [5, 5.41) is 12.2. The molecule has 0 fully saturated rings. The zero-order valence-corrected chi connectivity index (χ0v) is 50.7. The van der Waals surface area contributed by atoms with Gasteiger partial charge in [0.05, 0.1) is 11.4 Å². The van der Waals surface area contributed by atoms with E-state index in [1.807, 2.05) is 22.7 Å². The van der Waals surface area contributed by atoms with Gasteiger partial charge in [-0.15, -0.1) is 22.7 Å². The molecular weight excluding hydrogens is 1130 g/mol. The van der Waals surface area contributed by atoms with Crippen molar-refractivity contribution in [2.45, 2.75) is 0 Å². The Kier molecular flexibility index (Phi) is 13.3. The highest BCUT2D eigenvalue weighted by Crippen LogP contribution is 2.52. The molecule has 0 spiro atoms. The van der Waals surface area contributed by atoms with E-state index in [4.69, 9.17) is 0 Å². The normalized spacial score (nSPS) is 11.6. The van der Waals surface area contributed by atoms with E-state index in [9.17, 15) is 0 Å². The molecule has 0 aliphatic heterocycles. The molecular formula is C86H56N2S2. The van der Waals surface area contributed by atoms with Crippen molar-refractivity contribution < 1.29 is 0 Å². The summed E-state index contributed by atoms with van der Waals surface area (Å²) in [7, 11) is 0. The Hall–Kier alpha value is -11.1. The minimum absolute atomic E-state index is 1.09. The van der Waals surface area contributed by atoms with Crippen LogP contribution in [0.15, 0.2) is 340 Å². The summed E-state index contributed by atoms with van der Waals surface area (Å²) in [5.41, 5.74) is 18.9. The zero-order valence-electron chi connectivity index (χ0n) is 49.0. The molecule has 0 unspecified atom stereocenters. The monoisotopic (exact) mass is 1180 g/mol. The quantitative estimate of drug-likeness (QED) is 0.113. The summed E-state index contributed by atoms with van der Waals surface area (Å²) in [4.78, 5) is 7.45. The molecule has 422 valence electrons. The van der Waals surface area contributed by atoms with Crippen LogP contribution in [0.2, 0.25) is 0 Å². The second-order valence-corrected chi connectivity index (χ2v) is 25.1. The van der Waals surface area contributed by atoms with E-state index in [0.29, 0.717) is 0 Å². The first-order chi connectivity index (χ1) is 44.7. The topological polar surface area (TPSA) is 6.48 Å². The second kappa shape index (κ2) is 22.5. The fourth-order valence-corrected chi connectivity index (χ4v) is 16.3. The minimum atomic E-state index is 1.09. The molecule has 2 nitrogen and oxygen atoms in total. The lowest BCUT2D eigenvalue weighted by Gasteiger charge is -2.27. The molecule has 0 radical (unpaired) electrons. The first-order valence-corrected chi connectivity index (χ1v) is 32.4. The van der Waals surface area contributed by atoms with Gasteiger partial charge >= 0.3 is 0 Å². The number of hydrogen-bond donors (Lipinski definition) is 0. The molecule has 4 heteroatoms. The van der Waals surface area contributed by atoms with Crippen LogP contribution in [0, 0.1) is 0 Å². The van der Waals surface area contributed by atoms with Crippen molar-refractivity contribution >= 4 is 120 Å². The Labute approximate surface area is 531 Å². The molecule has 2 aromatic heterocycles. The fraction of sp³-hybridized carbons (Fsp3) is 0. The van der Waals surface area contributed by atoms with Crippen molar-refractivity contribution in [1.29, 1.82) is 0 Å². The Morgan fingerprint density at radius 2 is 0.478 bits per heavy atom. The Balaban J connectivity index is 0.780. The van der Waals surface area contributed by atoms with E-state index in [2.05, 4.69) is 350 Å². The maximum absolute atomic E-state index is 2.45. The lowest BCUT2D eigenvalue weighted by molar-refractivity contribution is 1.30. The van der Waals surface area contributed by atoms with Gasteiger partial charge in [-0.1, -0.05) is 279 Å². The largest absolute Gasteiger partial charge is 0.310 e. The van der Waals surface area contributed by atoms with Gasteiger partial charge in [0.15, 0.2) is 0 Å². The van der Waals surface area contributed by atoms with Crippen LogP contribution in [0.4, 0.5) is 34.1 Å². The number of fused-ring (bicyclic) bond motifs is 6. The summed E-state index contributed by atoms with van der Waals surface area (Å²) in [6.45, 7) is 0. The Morgan fingerprint density at radius 1 is 0.189 bits per heavy atom. The predicted octanol–water partition coefficient (Wildman–Crippen LogP) is 25.7. The number of anilines is 6. The molecule has 0 saturated heterocycles. The molecule has 15 aromatic carbocycles. The summed E-state index contributed by atoms with van der Waals surface area (Å²) in [5.74, 6) is 0. The summed E-state index contributed by atoms with van der Waals surface area (Å²) in [6, 6.07) is 125. The van der Waals surface area contributed by atoms with E-state index in [1.54, 1.807) is 0 Å². The molecule has 0 N–H and O–H groups in total. The second-order valence-electron chi connectivity index (χ2n) is 23.0. The SMILES string of the molecule is c1ccc(-c2sc3cc(N(c4ccc(-c5c6ccccc6c(-c6ccc(N(c7ccc8c(-c9ccccc9)c(-c9ccccc9)sc8c7)c7cccc8ccccc78)cc6)c6ccccc56)cc4)c4cccc5ccccc45)ccc3c2-c2ccccc2)cc1. The summed E-state index contributed by atoms with van der Waals surface area (Å²) >= 11 is 3.74. The molecule has 90 heavy (non-hydrogen) atoms. The third kappa shape index (κ3) is 9.23. The lowest BCUT2D eigenvalue weighted by Crippen LogP contribution is -2.10. The molecule has 0 aliphatic carbocycles. The average molecular weight is 1180 g/mol. The molecule has 0 atom stereocenters. The highest BCUT2D eigenvalue weighted by molar-refractivity contribution is 7.23. The van der Waals surface area contributed by atoms with Crippen LogP contribution in [-0.4, -0.2) is 0 Å². The maximum Gasteiger partial charge on any atom is 0.0540 e. The number of nitrogens with zero attached hydrogens (tertiary/aromatic N) is 2. The lowest BCUT2D eigenvalue weighted by atomic mass is 9.86. The maximum atomic E-state index is 2.45. The van der Waals surface area contributed by atoms with Crippen LogP contribution in [0.5, 0.6) is 0 Å². The van der Waals surface area contributed by atoms with E-state index in [1.165, 1.54) is 129 Å². The van der Waals surface area contributed by atoms with E-state index in [-0.39, 0.29) is 0 Å². The van der Waals surface area contributed by atoms with E-state index < -0.39 is 0 Å². The fourth-order valence-electron chi connectivity index (χ4n) is 13.8. The number of rotatable bonds is 12. The summed E-state index contributed by atoms with van der Waals surface area (Å²) in [6.07, 6.45) is 0. The molecule has 17 rings (SSSR count). The van der Waals surface area contributed by atoms with Gasteiger partial charge in [-0.2, -0.15) is 0 Å². The zero-order chi connectivity index (χ0) is 59.5. The molecule has 0 bridgehead atoms. The highest BCUT2D eigenvalue weighted by atomic mass is 32.1. The predicted molar refractivity (Wildman–Crippen MR) is 389 cm³/mol. The van der Waals surface area contributed by atoms with Crippen LogP contribution in [0.25, 0.3) is 129 Å². The van der Waals surface area contributed by atoms with E-state index >= 15 is 0 Å². The van der Waals surface area contributed by atoms with Gasteiger partial charge in [0.25, 0.3) is 0 Å². The molecule has 0 aliphatic rings. The van der Waals surface area contributed by atoms with Crippen LogP contribution in [-0.2, 0) is 0 Å². The van der Waals surface area contributed by atoms with Gasteiger partial charge in [0.1, 0.15) is 0 Å². The standard InChI is InChI=1S/C86H56N2S2/c1-5-25-59(26-6-1)83-75-53-51-67(55-79(75)89-85(83)63-29-9-3-10-30-63)87(77-41-21-33-57-23-13-15-35-69(57)77)65-47-43-61(44-48-65)81-71-37-17-19-39-73(71)82(74-40-20-18-38-72(74)81)62-45-49-66(50-46-62)88(78-42-22-34-58-24-14-16-36-70(58)78)68-52-54-76-80(56-68)90-86(64-31-11-4-12-32-64)84(76)60-27-7-2-8-28-60/h1-56H. The van der Waals surface area contributed by atoms with Crippen molar-refractivity contribution in [2.75, 3.05) is 9.80 Å². The Bertz CT molecular complexity index is 5110. The highest BCUT2D eigenvalue weighted by Gasteiger charge is 2.24. The number of benzene rings is 15. The van der Waals surface area contributed by atoms with Gasteiger partial charge in [-0.05, 0) is 137 Å². The summed E-state index contributed by atoms with van der Waals surface area (Å²) < 4.78 is 2.49. The van der Waals surface area contributed by atoms with E-state index in [0.717, 1.165) is 34.1 Å². The van der Waals surface area contributed by atoms with Crippen LogP contribution in [0.3, 0.4) is 0 Å². The smallest absolute Gasteiger partial charge is 0.0540 e. The third-order valence-electron chi connectivity index (χ3n) is 17.8. The van der Waals surface area contributed by atoms with Crippen LogP contribution < -0.4 is 9.80 Å². The molecule has 2 heterocycles. The van der Waals surface area contributed by atoms with Crippen LogP contribution >= 0.6 is 22.7 Å². The van der Waals surface area contributed by atoms with Crippen molar-refractivity contribution in [3.05, 3.63) is 340 Å². The molecule has 0 saturated carbocycles. The van der Waals surface area contributed by atoms with Crippen molar-refractivity contribution in [3.63, 3.8) is 0 Å². The van der Waals surface area contributed by atoms with Crippen molar-refractivity contribution in [1.82, 2.24) is 0 Å². The first kappa shape index (κ1) is 53.1. The average Bonchev–Trinajstić information content (AvgIpc) is 0.900. The van der Waals surface area contributed by atoms with Gasteiger partial charge < -0.3 is 9.80 Å². The first-order valence-electron chi connectivity index (χ1n) is 30.7. The van der Waals surface area contributed by atoms with Gasteiger partial charge in [0.2, 0.25) is 0 Å². The Morgan fingerprint density at radius 3 is 0.844 bits per heavy atom. The van der Waals surface area contributed by atoms with Crippen molar-refractivity contribution in [3.8, 4) is 65.4 Å². The van der Waals surface area contributed by atoms with Crippen molar-refractivity contribution in [2.24, 2.45) is 0 Å². The minimum Gasteiger partial charge on any atom is -0.310 e. The van der Waals surface area contributed by atoms with Gasteiger partial charge in [-0.25, -0.2) is 0 Å². The number of thiophene rings is 2.